The number of ether oxygens (including phenoxy) is 1. The van der Waals surface area contributed by atoms with Crippen LogP contribution in [-0.2, 0) is 16.1 Å². The van der Waals surface area contributed by atoms with Crippen LogP contribution in [0.3, 0.4) is 0 Å². The minimum Gasteiger partial charge on any atom is -0.378 e. The van der Waals surface area contributed by atoms with Gasteiger partial charge in [-0.1, -0.05) is 6.07 Å². The summed E-state index contributed by atoms with van der Waals surface area (Å²) in [6.45, 7) is 8.11. The van der Waals surface area contributed by atoms with E-state index in [0.29, 0.717) is 32.0 Å². The number of carbonyl (C=O) groups is 2. The molecular weight excluding hydrogens is 368 g/mol. The molecule has 0 unspecified atom stereocenters. The van der Waals surface area contributed by atoms with Gasteiger partial charge in [-0.2, -0.15) is 5.10 Å². The van der Waals surface area contributed by atoms with Crippen LogP contribution in [0.2, 0.25) is 0 Å². The molecule has 3 rings (SSSR count). The molecular formula is C19H25ClN4O3. The van der Waals surface area contributed by atoms with E-state index in [1.165, 1.54) is 0 Å². The number of rotatable bonds is 4. The second-order valence-electron chi connectivity index (χ2n) is 6.66. The zero-order valence-electron chi connectivity index (χ0n) is 15.8. The zero-order valence-corrected chi connectivity index (χ0v) is 16.6. The molecule has 1 aromatic heterocycles. The van der Waals surface area contributed by atoms with Crippen molar-refractivity contribution in [2.45, 2.75) is 27.3 Å². The highest BCUT2D eigenvalue weighted by Crippen LogP contribution is 2.14. The molecule has 0 atom stereocenters. The van der Waals surface area contributed by atoms with E-state index in [-0.39, 0.29) is 30.8 Å². The quantitative estimate of drug-likeness (QED) is 0.866. The summed E-state index contributed by atoms with van der Waals surface area (Å²) < 4.78 is 6.83. The molecule has 1 aromatic carbocycles. The monoisotopic (exact) mass is 392 g/mol. The highest BCUT2D eigenvalue weighted by atomic mass is 35.5. The van der Waals surface area contributed by atoms with Crippen LogP contribution >= 0.6 is 12.4 Å². The van der Waals surface area contributed by atoms with Gasteiger partial charge in [-0.05, 0) is 50.1 Å². The molecule has 0 bridgehead atoms. The van der Waals surface area contributed by atoms with Gasteiger partial charge < -0.3 is 15.0 Å². The van der Waals surface area contributed by atoms with Gasteiger partial charge in [0.2, 0.25) is 5.91 Å². The van der Waals surface area contributed by atoms with Crippen molar-refractivity contribution >= 4 is 29.9 Å². The number of hydrogen-bond acceptors (Lipinski definition) is 4. The Balaban J connectivity index is 0.00000261. The van der Waals surface area contributed by atoms with Crippen molar-refractivity contribution in [3.05, 3.63) is 46.8 Å². The molecule has 0 radical (unpaired) electrons. The predicted octanol–water partition coefficient (Wildman–Crippen LogP) is 2.34. The van der Waals surface area contributed by atoms with Gasteiger partial charge in [-0.25, -0.2) is 0 Å². The molecule has 1 fully saturated rings. The lowest BCUT2D eigenvalue weighted by molar-refractivity contribution is -0.116. The minimum atomic E-state index is -0.174. The van der Waals surface area contributed by atoms with Crippen molar-refractivity contribution in [2.24, 2.45) is 0 Å². The largest absolute Gasteiger partial charge is 0.378 e. The molecule has 2 aromatic rings. The summed E-state index contributed by atoms with van der Waals surface area (Å²) >= 11 is 0. The third-order valence-corrected chi connectivity index (χ3v) is 4.30. The van der Waals surface area contributed by atoms with Crippen molar-refractivity contribution in [1.29, 1.82) is 0 Å². The lowest BCUT2D eigenvalue weighted by atomic mass is 10.1. The summed E-state index contributed by atoms with van der Waals surface area (Å²) in [5, 5.41) is 7.21. The second kappa shape index (κ2) is 9.01. The minimum absolute atomic E-state index is 0. The molecule has 2 heterocycles. The molecule has 0 aliphatic carbocycles. The Kier molecular flexibility index (Phi) is 6.98. The summed E-state index contributed by atoms with van der Waals surface area (Å²) in [5.41, 5.74) is 4.09. The number of carbonyl (C=O) groups excluding carboxylic acids is 2. The summed E-state index contributed by atoms with van der Waals surface area (Å²) in [6.07, 6.45) is 0. The van der Waals surface area contributed by atoms with Gasteiger partial charge in [-0.15, -0.1) is 12.4 Å². The average Bonchev–Trinajstić information content (AvgIpc) is 2.94. The number of halogens is 1. The maximum Gasteiger partial charge on any atom is 0.274 e. The summed E-state index contributed by atoms with van der Waals surface area (Å²) in [6, 6.07) is 7.63. The van der Waals surface area contributed by atoms with E-state index >= 15 is 0 Å². The molecule has 2 amide bonds. The van der Waals surface area contributed by atoms with Gasteiger partial charge in [-0.3, -0.25) is 14.3 Å². The Bertz CT molecular complexity index is 808. The standard InChI is InChI=1S/C19H24N4O3.ClH/c1-13-8-14(2)10-16(9-13)20-18(24)12-23-15(3)11-17(21-23)19(25)22-4-6-26-7-5-22;/h8-11H,4-7,12H2,1-3H3,(H,20,24);1H. The van der Waals surface area contributed by atoms with E-state index < -0.39 is 0 Å². The summed E-state index contributed by atoms with van der Waals surface area (Å²) in [7, 11) is 0. The van der Waals surface area contributed by atoms with Crippen LogP contribution in [0.25, 0.3) is 0 Å². The van der Waals surface area contributed by atoms with E-state index in [9.17, 15) is 9.59 Å². The smallest absolute Gasteiger partial charge is 0.274 e. The maximum atomic E-state index is 12.5. The molecule has 146 valence electrons. The summed E-state index contributed by atoms with van der Waals surface area (Å²) in [5.74, 6) is -0.295. The third-order valence-electron chi connectivity index (χ3n) is 4.30. The first-order valence-electron chi connectivity index (χ1n) is 8.72. The van der Waals surface area contributed by atoms with Crippen LogP contribution in [0.5, 0.6) is 0 Å². The Morgan fingerprint density at radius 2 is 1.70 bits per heavy atom. The van der Waals surface area contributed by atoms with Crippen LogP contribution in [0.4, 0.5) is 5.69 Å². The third kappa shape index (κ3) is 5.30. The molecule has 1 aliphatic heterocycles. The van der Waals surface area contributed by atoms with E-state index in [0.717, 1.165) is 22.5 Å². The van der Waals surface area contributed by atoms with Crippen LogP contribution in [0.15, 0.2) is 24.3 Å². The van der Waals surface area contributed by atoms with E-state index in [1.807, 2.05) is 32.9 Å². The van der Waals surface area contributed by atoms with Crippen molar-refractivity contribution < 1.29 is 14.3 Å². The fourth-order valence-electron chi connectivity index (χ4n) is 3.09. The number of amides is 2. The molecule has 1 N–H and O–H groups in total. The Hall–Kier alpha value is -2.38. The van der Waals surface area contributed by atoms with Crippen LogP contribution in [-0.4, -0.2) is 52.8 Å². The SMILES string of the molecule is Cc1cc(C)cc(NC(=O)Cn2nc(C(=O)N3CCOCC3)cc2C)c1.Cl. The van der Waals surface area contributed by atoms with Gasteiger partial charge >= 0.3 is 0 Å². The van der Waals surface area contributed by atoms with Gasteiger partial charge in [0.05, 0.1) is 13.2 Å². The second-order valence-corrected chi connectivity index (χ2v) is 6.66. The van der Waals surface area contributed by atoms with E-state index in [2.05, 4.69) is 16.5 Å². The van der Waals surface area contributed by atoms with Crippen molar-refractivity contribution in [3.63, 3.8) is 0 Å². The predicted molar refractivity (Wildman–Crippen MR) is 105 cm³/mol. The van der Waals surface area contributed by atoms with Gasteiger partial charge in [0.25, 0.3) is 5.91 Å². The van der Waals surface area contributed by atoms with Gasteiger partial charge in [0.15, 0.2) is 5.69 Å². The average molecular weight is 393 g/mol. The molecule has 1 saturated heterocycles. The van der Waals surface area contributed by atoms with E-state index in [1.54, 1.807) is 15.6 Å². The number of nitrogens with one attached hydrogen (secondary N) is 1. The molecule has 0 spiro atoms. The number of benzene rings is 1. The van der Waals surface area contributed by atoms with E-state index in [4.69, 9.17) is 4.74 Å². The van der Waals surface area contributed by atoms with Crippen molar-refractivity contribution in [3.8, 4) is 0 Å². The Morgan fingerprint density at radius 1 is 1.07 bits per heavy atom. The number of nitrogens with zero attached hydrogens (tertiary/aromatic N) is 3. The normalized spacial score (nSPS) is 13.8. The molecule has 7 nitrogen and oxygen atoms in total. The number of aryl methyl sites for hydroxylation is 3. The first-order chi connectivity index (χ1) is 12.4. The Morgan fingerprint density at radius 3 is 2.33 bits per heavy atom. The Labute approximate surface area is 165 Å². The van der Waals surface area contributed by atoms with Crippen molar-refractivity contribution in [1.82, 2.24) is 14.7 Å². The first kappa shape index (κ1) is 20.9. The number of morpholine rings is 1. The number of hydrogen-bond donors (Lipinski definition) is 1. The lowest BCUT2D eigenvalue weighted by Crippen LogP contribution is -2.40. The summed E-state index contributed by atoms with van der Waals surface area (Å²) in [4.78, 5) is 26.6. The highest BCUT2D eigenvalue weighted by molar-refractivity contribution is 5.93. The molecule has 27 heavy (non-hydrogen) atoms. The number of anilines is 1. The van der Waals surface area contributed by atoms with Crippen LogP contribution < -0.4 is 5.32 Å². The molecule has 8 heteroatoms. The first-order valence-corrected chi connectivity index (χ1v) is 8.72. The van der Waals surface area contributed by atoms with Crippen LogP contribution in [0.1, 0.15) is 27.3 Å². The van der Waals surface area contributed by atoms with Crippen molar-refractivity contribution in [2.75, 3.05) is 31.6 Å². The molecule has 1 aliphatic rings. The lowest BCUT2D eigenvalue weighted by Gasteiger charge is -2.25. The zero-order chi connectivity index (χ0) is 18.7. The van der Waals surface area contributed by atoms with Gasteiger partial charge in [0, 0.05) is 24.5 Å². The number of aromatic nitrogens is 2. The fourth-order valence-corrected chi connectivity index (χ4v) is 3.09. The van der Waals surface area contributed by atoms with Gasteiger partial charge in [0.1, 0.15) is 6.54 Å². The maximum absolute atomic E-state index is 12.5. The topological polar surface area (TPSA) is 76.5 Å². The highest BCUT2D eigenvalue weighted by Gasteiger charge is 2.22. The van der Waals surface area contributed by atoms with Crippen LogP contribution in [0, 0.1) is 20.8 Å². The molecule has 0 saturated carbocycles. The fraction of sp³-hybridized carbons (Fsp3) is 0.421.